The predicted octanol–water partition coefficient (Wildman–Crippen LogP) is 8.44. The minimum Gasteiger partial charge on any atom is -0.508 e. The second-order valence-electron chi connectivity index (χ2n) is 17.4. The smallest absolute Gasteiger partial charge is 0.182 e. The lowest BCUT2D eigenvalue weighted by Crippen LogP contribution is -2.35. The number of allylic oxidation sites excluding steroid dienone is 2. The normalized spacial score (nSPS) is 28.9. The Morgan fingerprint density at radius 3 is 2.59 bits per heavy atom. The molecule has 56 heavy (non-hydrogen) atoms. The van der Waals surface area contributed by atoms with Crippen LogP contribution in [-0.2, 0) is 19.3 Å². The van der Waals surface area contributed by atoms with Gasteiger partial charge in [-0.05, 0) is 133 Å². The van der Waals surface area contributed by atoms with Gasteiger partial charge in [-0.15, -0.1) is 0 Å². The van der Waals surface area contributed by atoms with Crippen LogP contribution < -0.4 is 18.9 Å². The van der Waals surface area contributed by atoms with Crippen LogP contribution in [0.4, 0.5) is 0 Å². The summed E-state index contributed by atoms with van der Waals surface area (Å²) >= 11 is 0. The molecule has 9 atom stereocenters. The minimum absolute atomic E-state index is 0.0719. The number of methoxy groups -OCH3 is 1. The molecule has 1 fully saturated rings. The van der Waals surface area contributed by atoms with Crippen molar-refractivity contribution >= 4 is 0 Å². The van der Waals surface area contributed by atoms with Crippen LogP contribution in [0.15, 0.2) is 48.6 Å². The van der Waals surface area contributed by atoms with Crippen LogP contribution in [0.2, 0.25) is 0 Å². The van der Waals surface area contributed by atoms with Gasteiger partial charge in [-0.1, -0.05) is 51.3 Å². The van der Waals surface area contributed by atoms with E-state index >= 15 is 0 Å². The van der Waals surface area contributed by atoms with E-state index in [1.807, 2.05) is 30.3 Å². The van der Waals surface area contributed by atoms with Crippen molar-refractivity contribution in [1.29, 1.82) is 0 Å². The number of aromatic hydroxyl groups is 1. The molecule has 2 aliphatic heterocycles. The van der Waals surface area contributed by atoms with Gasteiger partial charge in [-0.3, -0.25) is 0 Å². The highest BCUT2D eigenvalue weighted by Gasteiger charge is 2.42. The Hall–Kier alpha value is -4.16. The van der Waals surface area contributed by atoms with E-state index in [2.05, 4.69) is 51.0 Å². The van der Waals surface area contributed by atoms with E-state index in [0.717, 1.165) is 90.5 Å². The van der Waals surface area contributed by atoms with Crippen molar-refractivity contribution in [3.05, 3.63) is 76.4 Å². The molecule has 0 saturated heterocycles. The zero-order valence-electron chi connectivity index (χ0n) is 33.3. The third-order valence-corrected chi connectivity index (χ3v) is 13.4. The van der Waals surface area contributed by atoms with Crippen LogP contribution in [-0.4, -0.2) is 53.0 Å². The first-order valence-corrected chi connectivity index (χ1v) is 21.0. The number of phenolic OH excluding ortho intramolecular Hbond substituents is 1. The van der Waals surface area contributed by atoms with Crippen molar-refractivity contribution in [3.63, 3.8) is 0 Å². The maximum Gasteiger partial charge on any atom is 0.182 e. The zero-order valence-corrected chi connectivity index (χ0v) is 33.3. The van der Waals surface area contributed by atoms with Gasteiger partial charge in [-0.2, -0.15) is 0 Å². The lowest BCUT2D eigenvalue weighted by molar-refractivity contribution is 0.0194. The average molecular weight is 763 g/mol. The SMILES string of the molecule is CC[C@H]1C[C@H]([C@@H]2Cc3cc(O)c(CC(C)C)cc3-c3c(OC)cc4c(c32)C[C@@H](O)[C@H](c2ccc3c(c2)O[C@@H]2C[C@H](CO)CC[C@@H]2CC#CO3)O4)C=C[C@H]1CCO. The van der Waals surface area contributed by atoms with Crippen molar-refractivity contribution in [2.75, 3.05) is 20.3 Å². The van der Waals surface area contributed by atoms with Crippen LogP contribution in [0.5, 0.6) is 28.7 Å². The molecule has 0 unspecified atom stereocenters. The summed E-state index contributed by atoms with van der Waals surface area (Å²) in [5.41, 5.74) is 7.10. The van der Waals surface area contributed by atoms with Crippen LogP contribution in [0.3, 0.4) is 0 Å². The molecule has 0 radical (unpaired) electrons. The van der Waals surface area contributed by atoms with E-state index in [-0.39, 0.29) is 43.0 Å². The minimum atomic E-state index is -0.839. The molecule has 0 bridgehead atoms. The summed E-state index contributed by atoms with van der Waals surface area (Å²) in [5.74, 6) is 7.96. The highest BCUT2D eigenvalue weighted by molar-refractivity contribution is 5.83. The standard InChI is InChI=1S/C48H58O8/c1-5-29-19-32(11-10-30(29)14-15-49)36-20-34-22-39(51)35(17-27(2)3)21-37(34)47-45(53-4)25-43-38(46(36)47)24-40(52)48(56-43)33-12-13-41-44(23-33)55-42-18-28(26-50)8-9-31(42)7-6-16-54-41/h10-13,21-23,25,27-32,36,40,42,48-52H,5,7-9,14-15,17-20,24,26H2,1-4H3/t28-,29+,30+,31+,32-,36+,40-,42-,48+/m1/s1. The first kappa shape index (κ1) is 38.7. The quantitative estimate of drug-likeness (QED) is 0.127. The molecule has 8 rings (SSSR count). The zero-order chi connectivity index (χ0) is 39.1. The maximum atomic E-state index is 12.1. The van der Waals surface area contributed by atoms with Crippen molar-refractivity contribution in [3.8, 4) is 51.9 Å². The molecule has 4 N–H and O–H groups in total. The molecule has 3 aliphatic carbocycles. The van der Waals surface area contributed by atoms with Crippen LogP contribution >= 0.6 is 0 Å². The Kier molecular flexibility index (Phi) is 11.3. The molecule has 3 aromatic rings. The predicted molar refractivity (Wildman–Crippen MR) is 216 cm³/mol. The van der Waals surface area contributed by atoms with Gasteiger partial charge in [0.25, 0.3) is 0 Å². The van der Waals surface area contributed by atoms with Gasteiger partial charge in [0.15, 0.2) is 11.5 Å². The number of hydrogen-bond donors (Lipinski definition) is 4. The number of ether oxygens (including phenoxy) is 4. The number of benzene rings is 3. The Morgan fingerprint density at radius 1 is 0.964 bits per heavy atom. The first-order valence-electron chi connectivity index (χ1n) is 21.0. The number of hydrogen-bond acceptors (Lipinski definition) is 8. The van der Waals surface area contributed by atoms with Gasteiger partial charge in [0.05, 0.1) is 13.2 Å². The van der Waals surface area contributed by atoms with Gasteiger partial charge < -0.3 is 39.4 Å². The lowest BCUT2D eigenvalue weighted by Gasteiger charge is -2.42. The van der Waals surface area contributed by atoms with Crippen molar-refractivity contribution in [2.24, 2.45) is 35.5 Å². The van der Waals surface area contributed by atoms with E-state index in [4.69, 9.17) is 18.9 Å². The molecule has 8 heteroatoms. The summed E-state index contributed by atoms with van der Waals surface area (Å²) < 4.78 is 25.7. The fraction of sp³-hybridized carbons (Fsp3) is 0.542. The van der Waals surface area contributed by atoms with E-state index in [1.165, 1.54) is 5.56 Å². The van der Waals surface area contributed by atoms with Crippen LogP contribution in [0.25, 0.3) is 11.1 Å². The summed E-state index contributed by atoms with van der Waals surface area (Å²) in [6, 6.07) is 11.8. The Balaban J connectivity index is 1.20. The summed E-state index contributed by atoms with van der Waals surface area (Å²) in [6.07, 6.45) is 14.0. The largest absolute Gasteiger partial charge is 0.508 e. The van der Waals surface area contributed by atoms with Gasteiger partial charge in [-0.25, -0.2) is 0 Å². The molecular formula is C48H58O8. The van der Waals surface area contributed by atoms with Crippen LogP contribution in [0.1, 0.15) is 106 Å². The summed E-state index contributed by atoms with van der Waals surface area (Å²) in [7, 11) is 1.71. The number of aliphatic hydroxyl groups is 3. The molecular weight excluding hydrogens is 705 g/mol. The Bertz CT molecular complexity index is 2010. The molecule has 8 nitrogen and oxygen atoms in total. The fourth-order valence-corrected chi connectivity index (χ4v) is 10.5. The summed E-state index contributed by atoms with van der Waals surface area (Å²) in [4.78, 5) is 0. The number of phenols is 1. The molecule has 298 valence electrons. The van der Waals surface area contributed by atoms with Gasteiger partial charge in [0.2, 0.25) is 0 Å². The van der Waals surface area contributed by atoms with Gasteiger partial charge in [0.1, 0.15) is 35.6 Å². The van der Waals surface area contributed by atoms with Crippen LogP contribution in [0, 0.1) is 47.5 Å². The Morgan fingerprint density at radius 2 is 1.82 bits per heavy atom. The second-order valence-corrected chi connectivity index (χ2v) is 17.4. The van der Waals surface area contributed by atoms with E-state index in [1.54, 1.807) is 7.11 Å². The van der Waals surface area contributed by atoms with E-state index in [9.17, 15) is 20.4 Å². The van der Waals surface area contributed by atoms with E-state index < -0.39 is 12.2 Å². The molecule has 0 spiro atoms. The first-order chi connectivity index (χ1) is 27.2. The third kappa shape index (κ3) is 7.39. The molecule has 1 saturated carbocycles. The number of fused-ring (bicyclic) bond motifs is 7. The highest BCUT2D eigenvalue weighted by atomic mass is 16.5. The number of aliphatic hydroxyl groups excluding tert-OH is 3. The molecule has 0 aromatic heterocycles. The summed E-state index contributed by atoms with van der Waals surface area (Å²) in [6.45, 7) is 6.90. The molecule has 5 aliphatic rings. The van der Waals surface area contributed by atoms with Gasteiger partial charge >= 0.3 is 0 Å². The molecule has 2 heterocycles. The molecule has 0 amide bonds. The van der Waals surface area contributed by atoms with Crippen molar-refractivity contribution in [2.45, 2.75) is 109 Å². The van der Waals surface area contributed by atoms with E-state index in [0.29, 0.717) is 53.6 Å². The maximum absolute atomic E-state index is 12.1. The van der Waals surface area contributed by atoms with Crippen molar-refractivity contribution in [1.82, 2.24) is 0 Å². The van der Waals surface area contributed by atoms with Gasteiger partial charge in [0, 0.05) is 49.2 Å². The highest BCUT2D eigenvalue weighted by Crippen LogP contribution is 2.56. The average Bonchev–Trinajstić information content (AvgIpc) is 3.28. The molecule has 3 aromatic carbocycles. The number of rotatable bonds is 9. The Labute approximate surface area is 331 Å². The monoisotopic (exact) mass is 762 g/mol. The second kappa shape index (κ2) is 16.4. The topological polar surface area (TPSA) is 118 Å². The fourth-order valence-electron chi connectivity index (χ4n) is 10.5. The third-order valence-electron chi connectivity index (χ3n) is 13.4. The summed E-state index contributed by atoms with van der Waals surface area (Å²) in [5, 5.41) is 43.1. The lowest BCUT2D eigenvalue weighted by atomic mass is 9.65. The van der Waals surface area contributed by atoms with Crippen molar-refractivity contribution < 1.29 is 39.4 Å².